The van der Waals surface area contributed by atoms with Gasteiger partial charge in [0.25, 0.3) is 5.91 Å². The Morgan fingerprint density at radius 3 is 2.75 bits per heavy atom. The molecule has 6 rings (SSSR count). The monoisotopic (exact) mass is 488 g/mol. The number of rotatable bonds is 7. The predicted molar refractivity (Wildman–Crippen MR) is 138 cm³/mol. The lowest BCUT2D eigenvalue weighted by Gasteiger charge is -2.27. The minimum atomic E-state index is -0.00212. The molecule has 0 unspecified atom stereocenters. The molecule has 9 heteroatoms. The number of piperidine rings is 1. The second-order valence-corrected chi connectivity index (χ2v) is 9.76. The summed E-state index contributed by atoms with van der Waals surface area (Å²) >= 11 is 0. The standard InChI is InChI=1S/C27H32N6O3/c1-4-31-21(13-16-6-5-9-29-25(16)31)26-30-19-12-18(14-22(36-3)24(19)32(26)10-11-35-2)27(34)33-15-17-7-8-20(33)23(17)28/h5-6,9,12-14,17,20,23H,4,7-8,10-11,15,28H2,1-3H3/t17-,20-,23-/m1/s1. The average Bonchev–Trinajstić information content (AvgIpc) is 3.65. The Morgan fingerprint density at radius 2 is 2.06 bits per heavy atom. The molecule has 3 atom stereocenters. The van der Waals surface area contributed by atoms with E-state index in [-0.39, 0.29) is 18.0 Å². The van der Waals surface area contributed by atoms with Crippen molar-refractivity contribution >= 4 is 28.0 Å². The molecule has 2 aliphatic rings. The minimum Gasteiger partial charge on any atom is -0.494 e. The van der Waals surface area contributed by atoms with E-state index in [9.17, 15) is 4.79 Å². The quantitative estimate of drug-likeness (QED) is 0.429. The molecule has 188 valence electrons. The maximum Gasteiger partial charge on any atom is 0.254 e. The van der Waals surface area contributed by atoms with Crippen molar-refractivity contribution in [2.45, 2.75) is 44.9 Å². The van der Waals surface area contributed by atoms with Crippen molar-refractivity contribution in [1.82, 2.24) is 24.0 Å². The molecule has 1 saturated heterocycles. The number of nitrogens with zero attached hydrogens (tertiary/aromatic N) is 5. The Morgan fingerprint density at radius 1 is 1.19 bits per heavy atom. The van der Waals surface area contributed by atoms with Crippen LogP contribution in [0.4, 0.5) is 0 Å². The van der Waals surface area contributed by atoms with Crippen LogP contribution in [-0.4, -0.2) is 69.4 Å². The Balaban J connectivity index is 1.51. The van der Waals surface area contributed by atoms with Crippen LogP contribution in [0, 0.1) is 5.92 Å². The molecule has 1 aliphatic heterocycles. The first-order chi connectivity index (χ1) is 17.5. The number of pyridine rings is 1. The van der Waals surface area contributed by atoms with Gasteiger partial charge in [-0.1, -0.05) is 0 Å². The topological polar surface area (TPSA) is 100 Å². The third-order valence-corrected chi connectivity index (χ3v) is 7.91. The molecule has 1 saturated carbocycles. The summed E-state index contributed by atoms with van der Waals surface area (Å²) in [6.07, 6.45) is 3.89. The number of nitrogens with two attached hydrogens (primary N) is 1. The van der Waals surface area contributed by atoms with E-state index in [4.69, 9.17) is 20.2 Å². The molecular formula is C27H32N6O3. The molecule has 2 bridgehead atoms. The van der Waals surface area contributed by atoms with Gasteiger partial charge >= 0.3 is 0 Å². The van der Waals surface area contributed by atoms with E-state index in [2.05, 4.69) is 33.2 Å². The van der Waals surface area contributed by atoms with E-state index in [0.29, 0.717) is 30.4 Å². The molecule has 1 aromatic carbocycles. The van der Waals surface area contributed by atoms with Gasteiger partial charge in [-0.25, -0.2) is 9.97 Å². The number of benzene rings is 1. The number of aryl methyl sites for hydroxylation is 1. The zero-order chi connectivity index (χ0) is 25.0. The summed E-state index contributed by atoms with van der Waals surface area (Å²) in [4.78, 5) is 25.2. The zero-order valence-corrected chi connectivity index (χ0v) is 21.0. The summed E-state index contributed by atoms with van der Waals surface area (Å²) in [6, 6.07) is 10.0. The van der Waals surface area contributed by atoms with Crippen molar-refractivity contribution in [1.29, 1.82) is 0 Å². The smallest absolute Gasteiger partial charge is 0.254 e. The van der Waals surface area contributed by atoms with Crippen LogP contribution in [0.1, 0.15) is 30.1 Å². The summed E-state index contributed by atoms with van der Waals surface area (Å²) in [5.41, 5.74) is 10.4. The second-order valence-electron chi connectivity index (χ2n) is 9.76. The molecule has 0 radical (unpaired) electrons. The first-order valence-corrected chi connectivity index (χ1v) is 12.6. The van der Waals surface area contributed by atoms with Crippen LogP contribution >= 0.6 is 0 Å². The zero-order valence-electron chi connectivity index (χ0n) is 21.0. The van der Waals surface area contributed by atoms with E-state index >= 15 is 0 Å². The summed E-state index contributed by atoms with van der Waals surface area (Å²) in [7, 11) is 3.32. The SMILES string of the molecule is CCn1c(-c2nc3cc(C(=O)N4C[C@H]5CC[C@@H]4[C@@H]5N)cc(OC)c3n2CCOC)cc2cccnc21. The molecule has 3 aromatic heterocycles. The number of carbonyl (C=O) groups is 1. The van der Waals surface area contributed by atoms with Gasteiger partial charge in [0.2, 0.25) is 0 Å². The minimum absolute atomic E-state index is 0.00212. The van der Waals surface area contributed by atoms with Gasteiger partial charge in [-0.05, 0) is 56.0 Å². The van der Waals surface area contributed by atoms with Gasteiger partial charge in [0.1, 0.15) is 16.9 Å². The highest BCUT2D eigenvalue weighted by atomic mass is 16.5. The first kappa shape index (κ1) is 23.0. The highest BCUT2D eigenvalue weighted by Gasteiger charge is 2.47. The fraction of sp³-hybridized carbons (Fsp3) is 0.444. The Bertz CT molecular complexity index is 1460. The van der Waals surface area contributed by atoms with Crippen LogP contribution in [0.5, 0.6) is 5.75 Å². The summed E-state index contributed by atoms with van der Waals surface area (Å²) in [5.74, 6) is 1.82. The number of hydrogen-bond acceptors (Lipinski definition) is 6. The molecule has 4 heterocycles. The van der Waals surface area contributed by atoms with Gasteiger partial charge in [-0.15, -0.1) is 0 Å². The summed E-state index contributed by atoms with van der Waals surface area (Å²) < 4.78 is 15.6. The van der Waals surface area contributed by atoms with E-state index in [1.54, 1.807) is 14.2 Å². The van der Waals surface area contributed by atoms with Gasteiger partial charge in [-0.3, -0.25) is 4.79 Å². The fourth-order valence-electron chi connectivity index (χ4n) is 6.15. The fourth-order valence-corrected chi connectivity index (χ4v) is 6.15. The number of imidazole rings is 1. The molecule has 9 nitrogen and oxygen atoms in total. The van der Waals surface area contributed by atoms with Gasteiger partial charge in [-0.2, -0.15) is 0 Å². The summed E-state index contributed by atoms with van der Waals surface area (Å²) in [6.45, 7) is 4.69. The lowest BCUT2D eigenvalue weighted by Crippen LogP contribution is -2.41. The van der Waals surface area contributed by atoms with Crippen LogP contribution in [0.15, 0.2) is 36.5 Å². The van der Waals surface area contributed by atoms with Crippen molar-refractivity contribution < 1.29 is 14.3 Å². The highest BCUT2D eigenvalue weighted by molar-refractivity contribution is 6.00. The number of amides is 1. The van der Waals surface area contributed by atoms with Crippen LogP contribution in [0.25, 0.3) is 33.6 Å². The van der Waals surface area contributed by atoms with Crippen LogP contribution in [0.3, 0.4) is 0 Å². The average molecular weight is 489 g/mol. The van der Waals surface area contributed by atoms with Crippen LogP contribution < -0.4 is 10.5 Å². The summed E-state index contributed by atoms with van der Waals surface area (Å²) in [5, 5.41) is 1.06. The van der Waals surface area contributed by atoms with Crippen molar-refractivity contribution in [2.24, 2.45) is 11.7 Å². The molecule has 4 aromatic rings. The molecule has 0 spiro atoms. The van der Waals surface area contributed by atoms with Crippen molar-refractivity contribution in [3.8, 4) is 17.3 Å². The number of aromatic nitrogens is 4. The number of carbonyl (C=O) groups excluding carboxylic acids is 1. The van der Waals surface area contributed by atoms with Gasteiger partial charge in [0.05, 0.1) is 24.9 Å². The van der Waals surface area contributed by atoms with E-state index in [1.165, 1.54) is 0 Å². The molecule has 2 N–H and O–H groups in total. The number of hydrogen-bond donors (Lipinski definition) is 1. The second kappa shape index (κ2) is 8.90. The van der Waals surface area contributed by atoms with Crippen molar-refractivity contribution in [3.63, 3.8) is 0 Å². The number of likely N-dealkylation sites (tertiary alicyclic amines) is 1. The Hall–Kier alpha value is -3.43. The van der Waals surface area contributed by atoms with Crippen molar-refractivity contribution in [3.05, 3.63) is 42.1 Å². The largest absolute Gasteiger partial charge is 0.494 e. The molecule has 36 heavy (non-hydrogen) atoms. The maximum absolute atomic E-state index is 13.6. The Labute approximate surface area is 209 Å². The number of methoxy groups -OCH3 is 2. The highest BCUT2D eigenvalue weighted by Crippen LogP contribution is 2.39. The molecule has 2 fully saturated rings. The van der Waals surface area contributed by atoms with E-state index in [1.807, 2.05) is 29.3 Å². The predicted octanol–water partition coefficient (Wildman–Crippen LogP) is 3.29. The van der Waals surface area contributed by atoms with Gasteiger partial charge in [0, 0.05) is 56.0 Å². The van der Waals surface area contributed by atoms with Crippen LogP contribution in [-0.2, 0) is 17.8 Å². The van der Waals surface area contributed by atoms with Crippen molar-refractivity contribution in [2.75, 3.05) is 27.4 Å². The molecule has 1 aliphatic carbocycles. The third kappa shape index (κ3) is 3.41. The first-order valence-electron chi connectivity index (χ1n) is 12.6. The maximum atomic E-state index is 13.6. The van der Waals surface area contributed by atoms with E-state index in [0.717, 1.165) is 59.5 Å². The third-order valence-electron chi connectivity index (χ3n) is 7.91. The normalized spacial score (nSPS) is 21.2. The lowest BCUT2D eigenvalue weighted by molar-refractivity contribution is 0.0700. The molecule has 1 amide bonds. The van der Waals surface area contributed by atoms with Crippen LogP contribution in [0.2, 0.25) is 0 Å². The number of fused-ring (bicyclic) bond motifs is 4. The van der Waals surface area contributed by atoms with E-state index < -0.39 is 0 Å². The Kier molecular flexibility index (Phi) is 5.69. The lowest BCUT2D eigenvalue weighted by atomic mass is 10.1. The number of ether oxygens (including phenoxy) is 2. The molecular weight excluding hydrogens is 456 g/mol. The van der Waals surface area contributed by atoms with Gasteiger partial charge < -0.3 is 29.2 Å². The van der Waals surface area contributed by atoms with Gasteiger partial charge in [0.15, 0.2) is 5.82 Å².